The number of primary amides is 1. The number of hydrogen-bond acceptors (Lipinski definition) is 5. The lowest BCUT2D eigenvalue weighted by molar-refractivity contribution is -0.127. The summed E-state index contributed by atoms with van der Waals surface area (Å²) in [5, 5.41) is 3.95. The van der Waals surface area contributed by atoms with E-state index in [4.69, 9.17) is 10.5 Å². The third-order valence-corrected chi connectivity index (χ3v) is 4.30. The lowest BCUT2D eigenvalue weighted by Gasteiger charge is -2.47. The molecule has 0 fully saturated rings. The molecule has 0 aromatic heterocycles. The molecule has 1 aliphatic rings. The summed E-state index contributed by atoms with van der Waals surface area (Å²) >= 11 is 0. The van der Waals surface area contributed by atoms with Gasteiger partial charge in [0, 0.05) is 0 Å². The zero-order valence-electron chi connectivity index (χ0n) is 13.3. The Morgan fingerprint density at radius 2 is 2.14 bits per heavy atom. The summed E-state index contributed by atoms with van der Waals surface area (Å²) in [6.45, 7) is 2.08. The molecule has 1 amide bonds. The van der Waals surface area contributed by atoms with Crippen molar-refractivity contribution in [2.75, 3.05) is 14.1 Å². The van der Waals surface area contributed by atoms with Gasteiger partial charge in [0.2, 0.25) is 12.1 Å². The van der Waals surface area contributed by atoms with Crippen molar-refractivity contribution in [3.63, 3.8) is 0 Å². The predicted molar refractivity (Wildman–Crippen MR) is 86.2 cm³/mol. The summed E-state index contributed by atoms with van der Waals surface area (Å²) in [5.41, 5.74) is 9.02. The molecular formula is C16H24N4O2. The fraction of sp³-hybridized carbons (Fsp3) is 0.500. The minimum absolute atomic E-state index is 0.370. The third-order valence-electron chi connectivity index (χ3n) is 4.30. The van der Waals surface area contributed by atoms with Gasteiger partial charge in [-0.2, -0.15) is 0 Å². The molecule has 1 aromatic carbocycles. The van der Waals surface area contributed by atoms with Gasteiger partial charge >= 0.3 is 0 Å². The monoisotopic (exact) mass is 304 g/mol. The summed E-state index contributed by atoms with van der Waals surface area (Å²) in [6.07, 6.45) is 2.57. The van der Waals surface area contributed by atoms with Crippen molar-refractivity contribution in [3.8, 4) is 0 Å². The Hall–Kier alpha value is -2.08. The summed E-state index contributed by atoms with van der Waals surface area (Å²) in [6, 6.07) is 9.61. The van der Waals surface area contributed by atoms with Crippen LogP contribution in [-0.4, -0.2) is 43.1 Å². The maximum Gasteiger partial charge on any atom is 0.227 e. The van der Waals surface area contributed by atoms with E-state index < -0.39 is 17.7 Å². The Kier molecular flexibility index (Phi) is 5.03. The van der Waals surface area contributed by atoms with Gasteiger partial charge in [0.15, 0.2) is 6.40 Å². The van der Waals surface area contributed by atoms with Gasteiger partial charge < -0.3 is 10.5 Å². The molecule has 1 heterocycles. The second-order valence-corrected chi connectivity index (χ2v) is 5.76. The number of hydrogen-bond donors (Lipinski definition) is 2. The minimum atomic E-state index is -0.627. The summed E-state index contributed by atoms with van der Waals surface area (Å²) in [5.74, 6) is -0.881. The van der Waals surface area contributed by atoms with Gasteiger partial charge in [-0.3, -0.25) is 15.1 Å². The van der Waals surface area contributed by atoms with Crippen LogP contribution >= 0.6 is 0 Å². The molecular weight excluding hydrogens is 280 g/mol. The third kappa shape index (κ3) is 2.78. The molecule has 3 atom stereocenters. The zero-order chi connectivity index (χ0) is 16.2. The van der Waals surface area contributed by atoms with Gasteiger partial charge in [0.25, 0.3) is 0 Å². The number of likely N-dealkylation sites (N-methyl/N-ethyl adjacent to an activating group) is 1. The fourth-order valence-corrected chi connectivity index (χ4v) is 3.34. The van der Waals surface area contributed by atoms with Gasteiger partial charge in [-0.15, -0.1) is 5.10 Å². The van der Waals surface area contributed by atoms with Crippen LogP contribution in [0.15, 0.2) is 35.4 Å². The molecule has 0 saturated carbocycles. The normalized spacial score (nSPS) is 21.0. The summed E-state index contributed by atoms with van der Waals surface area (Å²) in [4.78, 5) is 14.4. The zero-order valence-corrected chi connectivity index (χ0v) is 13.3. The molecule has 6 heteroatoms. The van der Waals surface area contributed by atoms with Crippen LogP contribution in [0.1, 0.15) is 31.2 Å². The van der Waals surface area contributed by atoms with Crippen LogP contribution < -0.4 is 11.2 Å². The number of carbonyl (C=O) groups is 1. The van der Waals surface area contributed by atoms with Gasteiger partial charge in [-0.25, -0.2) is 0 Å². The Morgan fingerprint density at radius 3 is 2.59 bits per heavy atom. The highest BCUT2D eigenvalue weighted by Crippen LogP contribution is 2.39. The molecule has 0 saturated heterocycles. The topological polar surface area (TPSA) is 80.0 Å². The maximum atomic E-state index is 12.4. The first-order valence-corrected chi connectivity index (χ1v) is 7.48. The van der Waals surface area contributed by atoms with Crippen molar-refractivity contribution >= 4 is 12.3 Å². The van der Waals surface area contributed by atoms with Crippen LogP contribution in [0.5, 0.6) is 0 Å². The van der Waals surface area contributed by atoms with Crippen molar-refractivity contribution < 1.29 is 9.53 Å². The molecule has 1 aromatic rings. The molecule has 22 heavy (non-hydrogen) atoms. The average molecular weight is 304 g/mol. The Morgan fingerprint density at radius 1 is 1.45 bits per heavy atom. The number of ether oxygens (including phenoxy) is 1. The molecule has 0 bridgehead atoms. The van der Waals surface area contributed by atoms with Gasteiger partial charge in [0.1, 0.15) is 0 Å². The lowest BCUT2D eigenvalue weighted by atomic mass is 9.73. The second kappa shape index (κ2) is 6.79. The van der Waals surface area contributed by atoms with Crippen molar-refractivity contribution in [2.24, 2.45) is 10.8 Å². The highest BCUT2D eigenvalue weighted by Gasteiger charge is 2.52. The number of carbonyl (C=O) groups excluding carboxylic acids is 1. The highest BCUT2D eigenvalue weighted by atomic mass is 16.5. The van der Waals surface area contributed by atoms with Crippen molar-refractivity contribution in [1.29, 1.82) is 0 Å². The van der Waals surface area contributed by atoms with Crippen LogP contribution in [-0.2, 0) is 9.53 Å². The van der Waals surface area contributed by atoms with E-state index in [-0.39, 0.29) is 5.91 Å². The quantitative estimate of drug-likeness (QED) is 0.794. The fourth-order valence-electron chi connectivity index (χ4n) is 3.34. The molecule has 1 aliphatic heterocycles. The first-order chi connectivity index (χ1) is 10.5. The van der Waals surface area contributed by atoms with E-state index in [9.17, 15) is 4.79 Å². The van der Waals surface area contributed by atoms with Gasteiger partial charge in [-0.1, -0.05) is 43.7 Å². The maximum absolute atomic E-state index is 12.4. The second-order valence-electron chi connectivity index (χ2n) is 5.76. The summed E-state index contributed by atoms with van der Waals surface area (Å²) in [7, 11) is 3.88. The number of nitrogens with two attached hydrogens (primary N) is 1. The van der Waals surface area contributed by atoms with Crippen LogP contribution in [0.4, 0.5) is 0 Å². The number of nitrogens with one attached hydrogen (secondary N) is 1. The van der Waals surface area contributed by atoms with Crippen molar-refractivity contribution in [2.45, 2.75) is 37.5 Å². The molecule has 0 spiro atoms. The Labute approximate surface area is 131 Å². The molecule has 0 aliphatic carbocycles. The van der Waals surface area contributed by atoms with Crippen LogP contribution in [0, 0.1) is 0 Å². The minimum Gasteiger partial charge on any atom is -0.455 e. The van der Waals surface area contributed by atoms with Crippen molar-refractivity contribution in [1.82, 2.24) is 10.3 Å². The van der Waals surface area contributed by atoms with E-state index in [1.807, 2.05) is 49.3 Å². The molecule has 3 unspecified atom stereocenters. The average Bonchev–Trinajstić information content (AvgIpc) is 3.01. The Bertz CT molecular complexity index is 524. The molecule has 120 valence electrons. The van der Waals surface area contributed by atoms with Crippen LogP contribution in [0.25, 0.3) is 0 Å². The molecule has 2 rings (SSSR count). The standard InChI is InChI=1S/C16H24N4O2/c1-4-10-16(20(2)3,15-19-18-11-22-15)13(14(17)21)12-8-6-5-7-9-12/h5-9,11,13,15,19H,4,10H2,1-3H3,(H2,17,21). The SMILES string of the molecule is CCCC(C1NN=CO1)(C(C(N)=O)c1ccccc1)N(C)C. The van der Waals surface area contributed by atoms with E-state index in [2.05, 4.69) is 17.5 Å². The smallest absolute Gasteiger partial charge is 0.227 e. The predicted octanol–water partition coefficient (Wildman–Crippen LogP) is 1.25. The first kappa shape index (κ1) is 16.3. The largest absolute Gasteiger partial charge is 0.455 e. The van der Waals surface area contributed by atoms with E-state index in [1.165, 1.54) is 6.40 Å². The van der Waals surface area contributed by atoms with Crippen LogP contribution in [0.3, 0.4) is 0 Å². The van der Waals surface area contributed by atoms with Gasteiger partial charge in [0.05, 0.1) is 11.5 Å². The number of hydrazone groups is 1. The van der Waals surface area contributed by atoms with Gasteiger partial charge in [-0.05, 0) is 26.1 Å². The van der Waals surface area contributed by atoms with E-state index in [0.717, 1.165) is 18.4 Å². The van der Waals surface area contributed by atoms with E-state index >= 15 is 0 Å². The van der Waals surface area contributed by atoms with Crippen LogP contribution in [0.2, 0.25) is 0 Å². The molecule has 3 N–H and O–H groups in total. The lowest BCUT2D eigenvalue weighted by Crippen LogP contribution is -2.63. The number of amides is 1. The summed E-state index contributed by atoms with van der Waals surface area (Å²) < 4.78 is 5.63. The Balaban J connectivity index is 2.54. The number of benzene rings is 1. The van der Waals surface area contributed by atoms with Crippen molar-refractivity contribution in [3.05, 3.63) is 35.9 Å². The number of rotatable bonds is 7. The van der Waals surface area contributed by atoms with E-state index in [0.29, 0.717) is 0 Å². The molecule has 0 radical (unpaired) electrons. The first-order valence-electron chi connectivity index (χ1n) is 7.48. The molecule has 6 nitrogen and oxygen atoms in total. The van der Waals surface area contributed by atoms with E-state index in [1.54, 1.807) is 0 Å². The highest BCUT2D eigenvalue weighted by molar-refractivity contribution is 5.84. The number of nitrogens with zero attached hydrogens (tertiary/aromatic N) is 2.